The summed E-state index contributed by atoms with van der Waals surface area (Å²) in [7, 11) is 0. The molecule has 0 bridgehead atoms. The fourth-order valence-electron chi connectivity index (χ4n) is 3.93. The number of amides is 2. The molecule has 1 fully saturated rings. The van der Waals surface area contributed by atoms with E-state index < -0.39 is 0 Å². The monoisotopic (exact) mass is 387 g/mol. The third-order valence-electron chi connectivity index (χ3n) is 5.54. The summed E-state index contributed by atoms with van der Waals surface area (Å²) in [5.41, 5.74) is 3.46. The van der Waals surface area contributed by atoms with E-state index in [1.165, 1.54) is 0 Å². The van der Waals surface area contributed by atoms with Crippen LogP contribution >= 0.6 is 0 Å². The van der Waals surface area contributed by atoms with Crippen LogP contribution in [0.3, 0.4) is 0 Å². The van der Waals surface area contributed by atoms with E-state index >= 15 is 0 Å². The van der Waals surface area contributed by atoms with Gasteiger partial charge in [0.05, 0.1) is 11.1 Å². The molecule has 0 atom stereocenters. The summed E-state index contributed by atoms with van der Waals surface area (Å²) in [6.07, 6.45) is 1.38. The molecule has 0 spiro atoms. The number of nitrogens with zero attached hydrogens (tertiary/aromatic N) is 2. The number of hydrogen-bond donors (Lipinski definition) is 1. The lowest BCUT2D eigenvalue weighted by Crippen LogP contribution is -2.43. The quantitative estimate of drug-likeness (QED) is 0.742. The molecule has 5 nitrogen and oxygen atoms in total. The van der Waals surface area contributed by atoms with Crippen molar-refractivity contribution in [2.24, 2.45) is 5.92 Å². The van der Waals surface area contributed by atoms with Crippen LogP contribution in [0.1, 0.15) is 34.5 Å². The zero-order chi connectivity index (χ0) is 20.2. The van der Waals surface area contributed by atoms with E-state index in [4.69, 9.17) is 0 Å². The summed E-state index contributed by atoms with van der Waals surface area (Å²) in [5.74, 6) is 0.0553. The first-order valence-corrected chi connectivity index (χ1v) is 10.1. The van der Waals surface area contributed by atoms with Crippen molar-refractivity contribution in [2.45, 2.75) is 26.3 Å². The van der Waals surface area contributed by atoms with Gasteiger partial charge in [0.2, 0.25) is 5.91 Å². The Balaban J connectivity index is 1.38. The number of para-hydroxylation sites is 1. The number of aryl methyl sites for hydroxylation is 1. The summed E-state index contributed by atoms with van der Waals surface area (Å²) >= 11 is 0. The first-order chi connectivity index (χ1) is 14.1. The number of carbonyl (C=O) groups excluding carboxylic acids is 2. The van der Waals surface area contributed by atoms with E-state index in [0.717, 1.165) is 22.2 Å². The Kier molecular flexibility index (Phi) is 5.56. The van der Waals surface area contributed by atoms with Gasteiger partial charge in [-0.2, -0.15) is 0 Å². The van der Waals surface area contributed by atoms with Gasteiger partial charge in [-0.3, -0.25) is 14.6 Å². The van der Waals surface area contributed by atoms with Gasteiger partial charge in [-0.25, -0.2) is 0 Å². The maximum Gasteiger partial charge on any atom is 0.254 e. The van der Waals surface area contributed by atoms with Crippen molar-refractivity contribution in [3.63, 3.8) is 0 Å². The lowest BCUT2D eigenvalue weighted by atomic mass is 9.95. The Bertz CT molecular complexity index is 1020. The number of likely N-dealkylation sites (tertiary alicyclic amines) is 1. The third-order valence-corrected chi connectivity index (χ3v) is 5.54. The van der Waals surface area contributed by atoms with Crippen molar-refractivity contribution >= 4 is 22.7 Å². The zero-order valence-electron chi connectivity index (χ0n) is 16.6. The number of piperidine rings is 1. The van der Waals surface area contributed by atoms with E-state index in [0.29, 0.717) is 38.0 Å². The summed E-state index contributed by atoms with van der Waals surface area (Å²) < 4.78 is 0. The first kappa shape index (κ1) is 19.1. The first-order valence-electron chi connectivity index (χ1n) is 10.1. The second kappa shape index (κ2) is 8.43. The molecule has 2 amide bonds. The predicted octanol–water partition coefficient (Wildman–Crippen LogP) is 3.71. The normalized spacial score (nSPS) is 14.7. The summed E-state index contributed by atoms with van der Waals surface area (Å²) in [5, 5.41) is 3.91. The molecule has 2 aromatic carbocycles. The van der Waals surface area contributed by atoms with E-state index in [1.54, 1.807) is 0 Å². The highest BCUT2D eigenvalue weighted by Crippen LogP contribution is 2.23. The maximum absolute atomic E-state index is 13.2. The van der Waals surface area contributed by atoms with Gasteiger partial charge in [-0.15, -0.1) is 0 Å². The van der Waals surface area contributed by atoms with Gasteiger partial charge >= 0.3 is 0 Å². The van der Waals surface area contributed by atoms with Crippen LogP contribution in [0.4, 0.5) is 0 Å². The SMILES string of the molecule is Cc1cc(C(=O)N2CCC(C(=O)NCc3ccccc3)CC2)c2ccccc2n1. The lowest BCUT2D eigenvalue weighted by molar-refractivity contribution is -0.126. The number of fused-ring (bicyclic) bond motifs is 1. The van der Waals surface area contributed by atoms with Crippen molar-refractivity contribution < 1.29 is 9.59 Å². The van der Waals surface area contributed by atoms with Gasteiger partial charge in [-0.1, -0.05) is 48.5 Å². The summed E-state index contributed by atoms with van der Waals surface area (Å²) in [6.45, 7) is 3.64. The Morgan fingerprint density at radius 2 is 1.72 bits per heavy atom. The minimum absolute atomic E-state index is 0.0230. The third kappa shape index (κ3) is 4.29. The molecule has 0 saturated carbocycles. The molecule has 0 unspecified atom stereocenters. The number of pyridine rings is 1. The van der Waals surface area contributed by atoms with Crippen LogP contribution in [0.25, 0.3) is 10.9 Å². The van der Waals surface area contributed by atoms with Crippen LogP contribution in [0, 0.1) is 12.8 Å². The van der Waals surface area contributed by atoms with Crippen LogP contribution in [0.15, 0.2) is 60.7 Å². The minimum atomic E-state index is -0.0429. The second-order valence-corrected chi connectivity index (χ2v) is 7.60. The number of carbonyl (C=O) groups is 2. The summed E-state index contributed by atoms with van der Waals surface area (Å²) in [4.78, 5) is 32.0. The molecule has 148 valence electrons. The van der Waals surface area contributed by atoms with Crippen LogP contribution in [0.5, 0.6) is 0 Å². The van der Waals surface area contributed by atoms with Gasteiger partial charge in [-0.05, 0) is 37.5 Å². The Hall–Kier alpha value is -3.21. The van der Waals surface area contributed by atoms with Crippen molar-refractivity contribution in [1.82, 2.24) is 15.2 Å². The molecule has 5 heteroatoms. The van der Waals surface area contributed by atoms with Crippen molar-refractivity contribution in [1.29, 1.82) is 0 Å². The van der Waals surface area contributed by atoms with E-state index in [1.807, 2.05) is 72.5 Å². The van der Waals surface area contributed by atoms with Gasteiger partial charge < -0.3 is 10.2 Å². The average Bonchev–Trinajstić information content (AvgIpc) is 2.77. The van der Waals surface area contributed by atoms with E-state index in [-0.39, 0.29) is 17.7 Å². The summed E-state index contributed by atoms with van der Waals surface area (Å²) in [6, 6.07) is 19.5. The largest absolute Gasteiger partial charge is 0.352 e. The molecular formula is C24H25N3O2. The van der Waals surface area contributed by atoms with Crippen molar-refractivity contribution in [3.05, 3.63) is 77.5 Å². The van der Waals surface area contributed by atoms with Gasteiger partial charge in [0.15, 0.2) is 0 Å². The van der Waals surface area contributed by atoms with Crippen LogP contribution in [-0.4, -0.2) is 34.8 Å². The zero-order valence-corrected chi connectivity index (χ0v) is 16.6. The van der Waals surface area contributed by atoms with Crippen LogP contribution < -0.4 is 5.32 Å². The molecule has 0 aliphatic carbocycles. The fourth-order valence-corrected chi connectivity index (χ4v) is 3.93. The smallest absolute Gasteiger partial charge is 0.254 e. The van der Waals surface area contributed by atoms with Gasteiger partial charge in [0, 0.05) is 36.6 Å². The average molecular weight is 387 g/mol. The van der Waals surface area contributed by atoms with Gasteiger partial charge in [0.25, 0.3) is 5.91 Å². The standard InChI is InChI=1S/C24H25N3O2/c1-17-15-21(20-9-5-6-10-22(20)26-17)24(29)27-13-11-19(12-14-27)23(28)25-16-18-7-3-2-4-8-18/h2-10,15,19H,11-14,16H2,1H3,(H,25,28). The van der Waals surface area contributed by atoms with Crippen LogP contribution in [-0.2, 0) is 11.3 Å². The maximum atomic E-state index is 13.2. The number of rotatable bonds is 4. The lowest BCUT2D eigenvalue weighted by Gasteiger charge is -2.31. The molecular weight excluding hydrogens is 362 g/mol. The topological polar surface area (TPSA) is 62.3 Å². The molecule has 1 N–H and O–H groups in total. The Morgan fingerprint density at radius 1 is 1.03 bits per heavy atom. The highest BCUT2D eigenvalue weighted by Gasteiger charge is 2.28. The second-order valence-electron chi connectivity index (χ2n) is 7.60. The molecule has 3 aromatic rings. The molecule has 1 aliphatic heterocycles. The van der Waals surface area contributed by atoms with E-state index in [9.17, 15) is 9.59 Å². The van der Waals surface area contributed by atoms with Crippen molar-refractivity contribution in [2.75, 3.05) is 13.1 Å². The number of hydrogen-bond acceptors (Lipinski definition) is 3. The molecule has 2 heterocycles. The number of aromatic nitrogens is 1. The Labute approximate surface area is 170 Å². The minimum Gasteiger partial charge on any atom is -0.352 e. The van der Waals surface area contributed by atoms with Crippen LogP contribution in [0.2, 0.25) is 0 Å². The Morgan fingerprint density at radius 3 is 2.48 bits per heavy atom. The molecule has 1 aliphatic rings. The van der Waals surface area contributed by atoms with E-state index in [2.05, 4.69) is 10.3 Å². The highest BCUT2D eigenvalue weighted by molar-refractivity contribution is 6.06. The van der Waals surface area contributed by atoms with Crippen molar-refractivity contribution in [3.8, 4) is 0 Å². The molecule has 0 radical (unpaired) electrons. The van der Waals surface area contributed by atoms with Gasteiger partial charge in [0.1, 0.15) is 0 Å². The molecule has 1 aromatic heterocycles. The molecule has 4 rings (SSSR count). The number of nitrogens with one attached hydrogen (secondary N) is 1. The number of benzene rings is 2. The molecule has 29 heavy (non-hydrogen) atoms. The molecule has 1 saturated heterocycles. The predicted molar refractivity (Wildman–Crippen MR) is 113 cm³/mol. The highest BCUT2D eigenvalue weighted by atomic mass is 16.2. The fraction of sp³-hybridized carbons (Fsp3) is 0.292.